The van der Waals surface area contributed by atoms with Crippen molar-refractivity contribution in [3.63, 3.8) is 0 Å². The predicted molar refractivity (Wildman–Crippen MR) is 79.9 cm³/mol. The van der Waals surface area contributed by atoms with Gasteiger partial charge >= 0.3 is 0 Å². The lowest BCUT2D eigenvalue weighted by Gasteiger charge is -2.03. The summed E-state index contributed by atoms with van der Waals surface area (Å²) in [6.45, 7) is -0.615. The first-order chi connectivity index (χ1) is 11.5. The van der Waals surface area contributed by atoms with Crippen LogP contribution in [-0.2, 0) is 6.61 Å². The van der Waals surface area contributed by atoms with Crippen LogP contribution >= 0.6 is 0 Å². The van der Waals surface area contributed by atoms with Crippen molar-refractivity contribution >= 4 is 5.69 Å². The summed E-state index contributed by atoms with van der Waals surface area (Å²) in [5, 5.41) is 24.5. The minimum Gasteiger partial charge on any atom is -0.391 e. The minimum absolute atomic E-state index is 0.00320. The van der Waals surface area contributed by atoms with Crippen LogP contribution in [0.3, 0.4) is 0 Å². The van der Waals surface area contributed by atoms with Crippen LogP contribution in [0.15, 0.2) is 47.0 Å². The largest absolute Gasteiger partial charge is 0.391 e. The smallest absolute Gasteiger partial charge is 0.278 e. The second kappa shape index (κ2) is 6.17. The lowest BCUT2D eigenvalue weighted by atomic mass is 10.0. The number of halogens is 2. The Kier molecular flexibility index (Phi) is 4.05. The predicted octanol–water partition coefficient (Wildman–Crippen LogP) is 3.69. The molecule has 1 heterocycles. The summed E-state index contributed by atoms with van der Waals surface area (Å²) < 4.78 is 32.4. The standard InChI is InChI=1S/C16H10F2N2O4/c17-12-6-3-5-10(14(12)18)16-11(8-21)15(19-24-16)9-4-1-2-7-13(9)20(22)23/h1-7,21H,8H2. The first-order valence-electron chi connectivity index (χ1n) is 6.82. The molecule has 1 aromatic heterocycles. The summed E-state index contributed by atoms with van der Waals surface area (Å²) in [5.41, 5.74) is -0.321. The van der Waals surface area contributed by atoms with E-state index >= 15 is 0 Å². The summed E-state index contributed by atoms with van der Waals surface area (Å²) >= 11 is 0. The summed E-state index contributed by atoms with van der Waals surface area (Å²) in [6.07, 6.45) is 0. The van der Waals surface area contributed by atoms with Gasteiger partial charge in [-0.2, -0.15) is 0 Å². The van der Waals surface area contributed by atoms with Gasteiger partial charge in [0.2, 0.25) is 0 Å². The molecule has 0 aliphatic heterocycles. The van der Waals surface area contributed by atoms with Gasteiger partial charge in [-0.25, -0.2) is 8.78 Å². The average molecular weight is 332 g/mol. The second-order valence-electron chi connectivity index (χ2n) is 4.87. The maximum absolute atomic E-state index is 14.0. The number of aliphatic hydroxyl groups is 1. The Morgan fingerprint density at radius 3 is 2.54 bits per heavy atom. The molecule has 6 nitrogen and oxygen atoms in total. The van der Waals surface area contributed by atoms with Crippen LogP contribution in [0.25, 0.3) is 22.6 Å². The van der Waals surface area contributed by atoms with Crippen LogP contribution in [0.1, 0.15) is 5.56 Å². The number of nitro benzene ring substituents is 1. The van der Waals surface area contributed by atoms with Gasteiger partial charge in [0.25, 0.3) is 5.69 Å². The number of rotatable bonds is 4. The Morgan fingerprint density at radius 2 is 1.83 bits per heavy atom. The number of nitro groups is 1. The molecule has 3 rings (SSSR count). The molecule has 0 fully saturated rings. The van der Waals surface area contributed by atoms with Gasteiger partial charge in [0.1, 0.15) is 5.69 Å². The monoisotopic (exact) mass is 332 g/mol. The number of aliphatic hydroxyl groups excluding tert-OH is 1. The van der Waals surface area contributed by atoms with E-state index in [0.717, 1.165) is 6.07 Å². The van der Waals surface area contributed by atoms with E-state index in [2.05, 4.69) is 5.16 Å². The fraction of sp³-hybridized carbons (Fsp3) is 0.0625. The molecule has 1 N–H and O–H groups in total. The molecule has 0 spiro atoms. The molecular formula is C16H10F2N2O4. The molecule has 0 aliphatic carbocycles. The lowest BCUT2D eigenvalue weighted by Crippen LogP contribution is -1.96. The van der Waals surface area contributed by atoms with E-state index in [-0.39, 0.29) is 33.8 Å². The molecule has 122 valence electrons. The molecule has 8 heteroatoms. The van der Waals surface area contributed by atoms with Crippen LogP contribution < -0.4 is 0 Å². The van der Waals surface area contributed by atoms with E-state index in [1.807, 2.05) is 0 Å². The van der Waals surface area contributed by atoms with E-state index in [1.54, 1.807) is 6.07 Å². The summed E-state index contributed by atoms with van der Waals surface area (Å²) in [6, 6.07) is 9.22. The molecular weight excluding hydrogens is 322 g/mol. The number of aromatic nitrogens is 1. The highest BCUT2D eigenvalue weighted by atomic mass is 19.2. The number of para-hydroxylation sites is 1. The van der Waals surface area contributed by atoms with Crippen molar-refractivity contribution in [2.45, 2.75) is 6.61 Å². The minimum atomic E-state index is -1.16. The zero-order valence-electron chi connectivity index (χ0n) is 12.1. The van der Waals surface area contributed by atoms with E-state index in [1.165, 1.54) is 30.3 Å². The van der Waals surface area contributed by atoms with Crippen molar-refractivity contribution in [2.24, 2.45) is 0 Å². The highest BCUT2D eigenvalue weighted by molar-refractivity contribution is 5.77. The summed E-state index contributed by atoms with van der Waals surface area (Å²) in [7, 11) is 0. The van der Waals surface area contributed by atoms with Gasteiger partial charge in [-0.05, 0) is 18.2 Å². The Morgan fingerprint density at radius 1 is 1.12 bits per heavy atom. The third-order valence-electron chi connectivity index (χ3n) is 3.50. The third-order valence-corrected chi connectivity index (χ3v) is 3.50. The Hall–Kier alpha value is -3.13. The fourth-order valence-electron chi connectivity index (χ4n) is 2.39. The van der Waals surface area contributed by atoms with Gasteiger partial charge in [-0.1, -0.05) is 23.4 Å². The lowest BCUT2D eigenvalue weighted by molar-refractivity contribution is -0.384. The fourth-order valence-corrected chi connectivity index (χ4v) is 2.39. The van der Waals surface area contributed by atoms with E-state index < -0.39 is 23.2 Å². The zero-order chi connectivity index (χ0) is 17.3. The van der Waals surface area contributed by atoms with Crippen LogP contribution in [-0.4, -0.2) is 15.2 Å². The van der Waals surface area contributed by atoms with Gasteiger partial charge in [0.05, 0.1) is 28.2 Å². The molecule has 2 aromatic carbocycles. The molecule has 0 atom stereocenters. The van der Waals surface area contributed by atoms with Crippen molar-refractivity contribution in [1.82, 2.24) is 5.16 Å². The van der Waals surface area contributed by atoms with Gasteiger partial charge < -0.3 is 9.63 Å². The SMILES string of the molecule is O=[N+]([O-])c1ccccc1-c1noc(-c2cccc(F)c2F)c1CO. The van der Waals surface area contributed by atoms with Crippen molar-refractivity contribution in [2.75, 3.05) is 0 Å². The van der Waals surface area contributed by atoms with Gasteiger partial charge in [0, 0.05) is 6.07 Å². The van der Waals surface area contributed by atoms with Crippen LogP contribution in [0.5, 0.6) is 0 Å². The van der Waals surface area contributed by atoms with Crippen molar-refractivity contribution in [1.29, 1.82) is 0 Å². The molecule has 0 radical (unpaired) electrons. The van der Waals surface area contributed by atoms with Crippen LogP contribution in [0.2, 0.25) is 0 Å². The highest BCUT2D eigenvalue weighted by Crippen LogP contribution is 2.37. The Bertz CT molecular complexity index is 924. The van der Waals surface area contributed by atoms with Gasteiger partial charge in [-0.15, -0.1) is 0 Å². The normalized spacial score (nSPS) is 10.8. The van der Waals surface area contributed by atoms with E-state index in [0.29, 0.717) is 0 Å². The number of hydrogen-bond donors (Lipinski definition) is 1. The first kappa shape index (κ1) is 15.8. The van der Waals surface area contributed by atoms with Gasteiger partial charge in [0.15, 0.2) is 17.4 Å². The van der Waals surface area contributed by atoms with Gasteiger partial charge in [-0.3, -0.25) is 10.1 Å². The molecule has 0 aliphatic rings. The van der Waals surface area contributed by atoms with E-state index in [9.17, 15) is 24.0 Å². The Labute approximate surface area is 134 Å². The van der Waals surface area contributed by atoms with Crippen LogP contribution in [0, 0.1) is 21.7 Å². The molecule has 3 aromatic rings. The summed E-state index contributed by atoms with van der Waals surface area (Å²) in [4.78, 5) is 10.5. The average Bonchev–Trinajstić information content (AvgIpc) is 3.00. The maximum Gasteiger partial charge on any atom is 0.278 e. The van der Waals surface area contributed by atoms with Crippen molar-refractivity contribution in [3.05, 3.63) is 69.8 Å². The van der Waals surface area contributed by atoms with E-state index in [4.69, 9.17) is 4.52 Å². The van der Waals surface area contributed by atoms with Crippen molar-refractivity contribution in [3.8, 4) is 22.6 Å². The Balaban J connectivity index is 2.22. The quantitative estimate of drug-likeness (QED) is 0.581. The number of nitrogens with zero attached hydrogens (tertiary/aromatic N) is 2. The first-order valence-corrected chi connectivity index (χ1v) is 6.82. The molecule has 0 amide bonds. The molecule has 0 bridgehead atoms. The highest BCUT2D eigenvalue weighted by Gasteiger charge is 2.26. The zero-order valence-corrected chi connectivity index (χ0v) is 12.1. The molecule has 24 heavy (non-hydrogen) atoms. The molecule has 0 unspecified atom stereocenters. The topological polar surface area (TPSA) is 89.4 Å². The van der Waals surface area contributed by atoms with Crippen LogP contribution in [0.4, 0.5) is 14.5 Å². The van der Waals surface area contributed by atoms with Crippen molar-refractivity contribution < 1.29 is 23.3 Å². The molecule has 0 saturated heterocycles. The number of hydrogen-bond acceptors (Lipinski definition) is 5. The second-order valence-corrected chi connectivity index (χ2v) is 4.87. The molecule has 0 saturated carbocycles. The summed E-state index contributed by atoms with van der Waals surface area (Å²) in [5.74, 6) is -2.42. The maximum atomic E-state index is 14.0. The third kappa shape index (κ3) is 2.52. The number of benzene rings is 2.